The van der Waals surface area contributed by atoms with Gasteiger partial charge in [-0.15, -0.1) is 0 Å². The fraction of sp³-hybridized carbons (Fsp3) is 0.391. The highest BCUT2D eigenvalue weighted by molar-refractivity contribution is 6.30. The van der Waals surface area contributed by atoms with Crippen molar-refractivity contribution in [2.24, 2.45) is 5.92 Å². The van der Waals surface area contributed by atoms with E-state index in [1.54, 1.807) is 48.5 Å². The minimum atomic E-state index is -1.33. The molecule has 1 unspecified atom stereocenters. The van der Waals surface area contributed by atoms with Gasteiger partial charge in [-0.3, -0.25) is 4.79 Å². The highest BCUT2D eigenvalue weighted by atomic mass is 35.5. The number of carboxylic acid groups (broad SMARTS) is 1. The zero-order valence-electron chi connectivity index (χ0n) is 17.1. The minimum absolute atomic E-state index is 0.138. The summed E-state index contributed by atoms with van der Waals surface area (Å²) in [6.45, 7) is 7.70. The van der Waals surface area contributed by atoms with Gasteiger partial charge in [-0.25, -0.2) is 4.79 Å². The third-order valence-electron chi connectivity index (χ3n) is 4.65. The smallest absolute Gasteiger partial charge is 0.347 e. The Kier molecular flexibility index (Phi) is 8.23. The van der Waals surface area contributed by atoms with Gasteiger partial charge < -0.3 is 15.2 Å². The van der Waals surface area contributed by atoms with E-state index in [2.05, 4.69) is 12.2 Å². The van der Waals surface area contributed by atoms with Crippen molar-refractivity contribution in [3.63, 3.8) is 0 Å². The summed E-state index contributed by atoms with van der Waals surface area (Å²) < 4.78 is 5.39. The molecule has 0 saturated carbocycles. The lowest BCUT2D eigenvalue weighted by molar-refractivity contribution is -0.152. The molecular formula is C23H28ClNO4. The first-order valence-electron chi connectivity index (χ1n) is 9.72. The Labute approximate surface area is 177 Å². The predicted molar refractivity (Wildman–Crippen MR) is 115 cm³/mol. The molecule has 0 spiro atoms. The number of hydrogen-bond donors (Lipinski definition) is 2. The van der Waals surface area contributed by atoms with Crippen LogP contribution in [0.1, 0.15) is 49.5 Å². The van der Waals surface area contributed by atoms with Crippen LogP contribution in [0.3, 0.4) is 0 Å². The molecule has 6 heteroatoms. The second-order valence-corrected chi connectivity index (χ2v) is 8.17. The summed E-state index contributed by atoms with van der Waals surface area (Å²) >= 11 is 5.79. The van der Waals surface area contributed by atoms with Gasteiger partial charge in [0.25, 0.3) is 0 Å². The van der Waals surface area contributed by atoms with Crippen molar-refractivity contribution in [3.8, 4) is 5.75 Å². The standard InChI is InChI=1S/C17H15ClO4.C6H13N/c1-17(2,16(20)21)22-14-9-5-12(6-10-14)15(19)11-3-7-13(18)8-4-11;1-6-3-2-4-7-5-6/h3-10H,1-2H3,(H,20,21);6-7H,2-5H2,1H3. The highest BCUT2D eigenvalue weighted by Crippen LogP contribution is 2.21. The molecule has 1 saturated heterocycles. The summed E-state index contributed by atoms with van der Waals surface area (Å²) in [5.74, 6) is 0.114. The lowest BCUT2D eigenvalue weighted by Gasteiger charge is -2.21. The average molecular weight is 418 g/mol. The Morgan fingerprint density at radius 1 is 1.07 bits per heavy atom. The molecule has 0 aliphatic carbocycles. The number of benzene rings is 2. The largest absolute Gasteiger partial charge is 0.478 e. The van der Waals surface area contributed by atoms with Crippen LogP contribution in [0.5, 0.6) is 5.75 Å². The second-order valence-electron chi connectivity index (χ2n) is 7.73. The monoisotopic (exact) mass is 417 g/mol. The average Bonchev–Trinajstić information content (AvgIpc) is 2.69. The Morgan fingerprint density at radius 2 is 1.62 bits per heavy atom. The number of carbonyl (C=O) groups is 2. The summed E-state index contributed by atoms with van der Waals surface area (Å²) in [7, 11) is 0. The molecule has 1 aliphatic rings. The number of hydrogen-bond acceptors (Lipinski definition) is 4. The number of nitrogens with one attached hydrogen (secondary N) is 1. The maximum atomic E-state index is 12.3. The summed E-state index contributed by atoms with van der Waals surface area (Å²) in [6, 6.07) is 13.0. The summed E-state index contributed by atoms with van der Waals surface area (Å²) in [5, 5.41) is 12.9. The zero-order valence-corrected chi connectivity index (χ0v) is 17.8. The molecule has 2 aromatic carbocycles. The van der Waals surface area contributed by atoms with Crippen LogP contribution in [-0.2, 0) is 4.79 Å². The lowest BCUT2D eigenvalue weighted by atomic mass is 10.0. The fourth-order valence-electron chi connectivity index (χ4n) is 2.81. The zero-order chi connectivity index (χ0) is 21.4. The van der Waals surface area contributed by atoms with Crippen LogP contribution in [0, 0.1) is 5.92 Å². The van der Waals surface area contributed by atoms with Crippen molar-refractivity contribution in [3.05, 3.63) is 64.7 Å². The molecule has 156 valence electrons. The van der Waals surface area contributed by atoms with E-state index in [0.29, 0.717) is 21.9 Å². The summed E-state index contributed by atoms with van der Waals surface area (Å²) in [4.78, 5) is 23.3. The normalized spacial score (nSPS) is 16.3. The van der Waals surface area contributed by atoms with Gasteiger partial charge in [0.1, 0.15) is 5.75 Å². The maximum absolute atomic E-state index is 12.3. The van der Waals surface area contributed by atoms with Crippen molar-refractivity contribution in [2.45, 2.75) is 39.2 Å². The molecular weight excluding hydrogens is 390 g/mol. The topological polar surface area (TPSA) is 75.6 Å². The second kappa shape index (κ2) is 10.4. The van der Waals surface area contributed by atoms with Crippen LogP contribution in [0.4, 0.5) is 0 Å². The van der Waals surface area contributed by atoms with Gasteiger partial charge in [-0.05, 0) is 94.2 Å². The van der Waals surface area contributed by atoms with E-state index in [-0.39, 0.29) is 5.78 Å². The van der Waals surface area contributed by atoms with E-state index in [4.69, 9.17) is 21.4 Å². The van der Waals surface area contributed by atoms with E-state index < -0.39 is 11.6 Å². The molecule has 1 fully saturated rings. The fourth-order valence-corrected chi connectivity index (χ4v) is 2.93. The molecule has 2 aromatic rings. The molecule has 0 bridgehead atoms. The van der Waals surface area contributed by atoms with Crippen molar-refractivity contribution in [1.82, 2.24) is 5.32 Å². The summed E-state index contributed by atoms with van der Waals surface area (Å²) in [5.41, 5.74) is -0.312. The van der Waals surface area contributed by atoms with Crippen LogP contribution < -0.4 is 10.1 Å². The Hall–Kier alpha value is -2.37. The number of carboxylic acids is 1. The number of ether oxygens (including phenoxy) is 1. The van der Waals surface area contributed by atoms with Gasteiger partial charge in [0, 0.05) is 16.1 Å². The van der Waals surface area contributed by atoms with Crippen molar-refractivity contribution < 1.29 is 19.4 Å². The number of piperidine rings is 1. The van der Waals surface area contributed by atoms with E-state index >= 15 is 0 Å². The predicted octanol–water partition coefficient (Wildman–Crippen LogP) is 4.82. The van der Waals surface area contributed by atoms with Crippen molar-refractivity contribution in [2.75, 3.05) is 13.1 Å². The van der Waals surface area contributed by atoms with Crippen LogP contribution in [0.25, 0.3) is 0 Å². The van der Waals surface area contributed by atoms with E-state index in [1.165, 1.54) is 39.8 Å². The molecule has 1 aliphatic heterocycles. The number of rotatable bonds is 5. The Bertz CT molecular complexity index is 810. The third-order valence-corrected chi connectivity index (χ3v) is 4.91. The molecule has 1 atom stereocenters. The maximum Gasteiger partial charge on any atom is 0.347 e. The number of aliphatic carboxylic acids is 1. The molecule has 29 heavy (non-hydrogen) atoms. The first kappa shape index (κ1) is 22.9. The van der Waals surface area contributed by atoms with Crippen molar-refractivity contribution >= 4 is 23.4 Å². The lowest BCUT2D eigenvalue weighted by Crippen LogP contribution is -2.37. The first-order valence-corrected chi connectivity index (χ1v) is 10.1. The molecule has 0 aromatic heterocycles. The van der Waals surface area contributed by atoms with E-state index in [0.717, 1.165) is 5.92 Å². The van der Waals surface area contributed by atoms with Crippen LogP contribution in [0.15, 0.2) is 48.5 Å². The minimum Gasteiger partial charge on any atom is -0.478 e. The number of ketones is 1. The first-order chi connectivity index (χ1) is 13.7. The molecule has 0 radical (unpaired) electrons. The number of halogens is 1. The van der Waals surface area contributed by atoms with Gasteiger partial charge in [0.05, 0.1) is 0 Å². The van der Waals surface area contributed by atoms with Crippen molar-refractivity contribution in [1.29, 1.82) is 0 Å². The SMILES string of the molecule is CC(C)(Oc1ccc(C(=O)c2ccc(Cl)cc2)cc1)C(=O)O.CC1CCCNC1. The van der Waals surface area contributed by atoms with Gasteiger partial charge >= 0.3 is 5.97 Å². The van der Waals surface area contributed by atoms with Gasteiger partial charge in [0.2, 0.25) is 0 Å². The third kappa shape index (κ3) is 7.18. The van der Waals surface area contributed by atoms with E-state index in [1.807, 2.05) is 0 Å². The van der Waals surface area contributed by atoms with Crippen LogP contribution in [-0.4, -0.2) is 35.5 Å². The summed E-state index contributed by atoms with van der Waals surface area (Å²) in [6.07, 6.45) is 2.80. The van der Waals surface area contributed by atoms with Crippen LogP contribution >= 0.6 is 11.6 Å². The molecule has 3 rings (SSSR count). The molecule has 1 heterocycles. The Morgan fingerprint density at radius 3 is 2.03 bits per heavy atom. The molecule has 5 nitrogen and oxygen atoms in total. The van der Waals surface area contributed by atoms with Crippen LogP contribution in [0.2, 0.25) is 5.02 Å². The Balaban J connectivity index is 0.000000360. The van der Waals surface area contributed by atoms with E-state index in [9.17, 15) is 9.59 Å². The molecule has 0 amide bonds. The quantitative estimate of drug-likeness (QED) is 0.682. The number of carbonyl (C=O) groups excluding carboxylic acids is 1. The highest BCUT2D eigenvalue weighted by Gasteiger charge is 2.29. The molecule has 2 N–H and O–H groups in total. The van der Waals surface area contributed by atoms with Gasteiger partial charge in [-0.2, -0.15) is 0 Å². The van der Waals surface area contributed by atoms with Gasteiger partial charge in [0.15, 0.2) is 11.4 Å². The van der Waals surface area contributed by atoms with Gasteiger partial charge in [-0.1, -0.05) is 18.5 Å².